The van der Waals surface area contributed by atoms with Crippen LogP contribution in [0.25, 0.3) is 0 Å². The Kier molecular flexibility index (Phi) is 6.24. The second-order valence-corrected chi connectivity index (χ2v) is 7.24. The van der Waals surface area contributed by atoms with Crippen molar-refractivity contribution in [2.24, 2.45) is 0 Å². The average Bonchev–Trinajstić information content (AvgIpc) is 3.10. The van der Waals surface area contributed by atoms with E-state index in [9.17, 15) is 0 Å². The molecule has 1 N–H and O–H groups in total. The van der Waals surface area contributed by atoms with Gasteiger partial charge in [-0.25, -0.2) is 0 Å². The van der Waals surface area contributed by atoms with Crippen molar-refractivity contribution in [3.05, 3.63) is 64.6 Å². The first-order valence-electron chi connectivity index (χ1n) is 8.18. The molecule has 3 nitrogen and oxygen atoms in total. The highest BCUT2D eigenvalue weighted by Crippen LogP contribution is 2.18. The van der Waals surface area contributed by atoms with Crippen LogP contribution in [-0.2, 0) is 11.3 Å². The Morgan fingerprint density at radius 2 is 1.92 bits per heavy atom. The fraction of sp³-hybridized carbons (Fsp3) is 0.316. The molecule has 0 unspecified atom stereocenters. The molecule has 5 heteroatoms. The normalized spacial score (nSPS) is 16.8. The second-order valence-electron chi connectivity index (χ2n) is 5.94. The van der Waals surface area contributed by atoms with E-state index in [0.29, 0.717) is 0 Å². The van der Waals surface area contributed by atoms with Gasteiger partial charge in [0, 0.05) is 29.9 Å². The molecule has 2 aromatic rings. The summed E-state index contributed by atoms with van der Waals surface area (Å²) in [6.45, 7) is 2.46. The van der Waals surface area contributed by atoms with E-state index in [0.717, 1.165) is 47.8 Å². The van der Waals surface area contributed by atoms with E-state index in [2.05, 4.69) is 50.4 Å². The number of thiocarbonyl (C=S) groups is 1. The van der Waals surface area contributed by atoms with Crippen molar-refractivity contribution in [2.75, 3.05) is 18.5 Å². The molecule has 2 aromatic carbocycles. The van der Waals surface area contributed by atoms with Gasteiger partial charge in [-0.15, -0.1) is 0 Å². The van der Waals surface area contributed by atoms with Crippen LogP contribution in [-0.4, -0.2) is 29.3 Å². The Morgan fingerprint density at radius 1 is 1.17 bits per heavy atom. The van der Waals surface area contributed by atoms with E-state index < -0.39 is 0 Å². The third-order valence-electron chi connectivity index (χ3n) is 4.05. The van der Waals surface area contributed by atoms with Crippen molar-refractivity contribution in [3.63, 3.8) is 0 Å². The molecule has 1 aliphatic rings. The molecule has 1 fully saturated rings. The van der Waals surface area contributed by atoms with Gasteiger partial charge in [0.25, 0.3) is 0 Å². The van der Waals surface area contributed by atoms with E-state index in [1.807, 2.05) is 30.3 Å². The van der Waals surface area contributed by atoms with Gasteiger partial charge < -0.3 is 15.0 Å². The molecule has 1 heterocycles. The molecular weight excluding hydrogens is 384 g/mol. The molecule has 0 saturated carbocycles. The number of ether oxygens (including phenoxy) is 1. The van der Waals surface area contributed by atoms with E-state index in [1.165, 1.54) is 5.56 Å². The Labute approximate surface area is 157 Å². The van der Waals surface area contributed by atoms with Gasteiger partial charge >= 0.3 is 0 Å². The number of halogens is 1. The van der Waals surface area contributed by atoms with Gasteiger partial charge in [0.05, 0.1) is 6.10 Å². The lowest BCUT2D eigenvalue weighted by Crippen LogP contribution is -2.39. The Hall–Kier alpha value is -1.43. The maximum atomic E-state index is 5.80. The molecule has 0 aromatic heterocycles. The fourth-order valence-electron chi connectivity index (χ4n) is 2.79. The molecule has 126 valence electrons. The number of nitrogens with zero attached hydrogens (tertiary/aromatic N) is 1. The van der Waals surface area contributed by atoms with Gasteiger partial charge in [-0.1, -0.05) is 46.3 Å². The summed E-state index contributed by atoms with van der Waals surface area (Å²) in [6.07, 6.45) is 2.50. The first-order valence-corrected chi connectivity index (χ1v) is 9.38. The van der Waals surface area contributed by atoms with Crippen LogP contribution >= 0.6 is 28.1 Å². The number of benzene rings is 2. The zero-order valence-electron chi connectivity index (χ0n) is 13.5. The highest BCUT2D eigenvalue weighted by Gasteiger charge is 2.21. The minimum atomic E-state index is 0.262. The molecule has 0 bridgehead atoms. The summed E-state index contributed by atoms with van der Waals surface area (Å²) < 4.78 is 6.86. The zero-order valence-corrected chi connectivity index (χ0v) is 15.9. The van der Waals surface area contributed by atoms with Crippen molar-refractivity contribution >= 4 is 38.9 Å². The van der Waals surface area contributed by atoms with Crippen molar-refractivity contribution in [1.29, 1.82) is 0 Å². The molecule has 1 saturated heterocycles. The number of hydrogen-bond acceptors (Lipinski definition) is 2. The largest absolute Gasteiger partial charge is 0.376 e. The van der Waals surface area contributed by atoms with Crippen LogP contribution in [0.2, 0.25) is 0 Å². The van der Waals surface area contributed by atoms with Crippen molar-refractivity contribution in [2.45, 2.75) is 25.5 Å². The number of rotatable bonds is 5. The van der Waals surface area contributed by atoms with E-state index in [-0.39, 0.29) is 6.10 Å². The van der Waals surface area contributed by atoms with Gasteiger partial charge in [-0.3, -0.25) is 0 Å². The van der Waals surface area contributed by atoms with Gasteiger partial charge in [0.15, 0.2) is 5.11 Å². The van der Waals surface area contributed by atoms with E-state index in [4.69, 9.17) is 17.0 Å². The van der Waals surface area contributed by atoms with Gasteiger partial charge in [0.2, 0.25) is 0 Å². The standard InChI is InChI=1S/C19H21BrN2OS/c20-16-8-10-17(11-9-16)21-19(24)22(14-18-7-4-12-23-18)13-15-5-2-1-3-6-15/h1-3,5-6,8-11,18H,4,7,12-14H2,(H,21,24)/t18-/m0/s1. The molecule has 3 rings (SSSR count). The second kappa shape index (κ2) is 8.60. The molecule has 1 atom stereocenters. The van der Waals surface area contributed by atoms with E-state index >= 15 is 0 Å². The predicted molar refractivity (Wildman–Crippen MR) is 106 cm³/mol. The number of anilines is 1. The van der Waals surface area contributed by atoms with Crippen molar-refractivity contribution in [3.8, 4) is 0 Å². The average molecular weight is 405 g/mol. The van der Waals surface area contributed by atoms with Crippen LogP contribution < -0.4 is 5.32 Å². The molecule has 0 aliphatic carbocycles. The van der Waals surface area contributed by atoms with Gasteiger partial charge in [-0.05, 0) is 54.9 Å². The van der Waals surface area contributed by atoms with Crippen molar-refractivity contribution in [1.82, 2.24) is 4.90 Å². The summed E-state index contributed by atoms with van der Waals surface area (Å²) in [4.78, 5) is 2.20. The van der Waals surface area contributed by atoms with E-state index in [1.54, 1.807) is 0 Å². The summed E-state index contributed by atoms with van der Waals surface area (Å²) in [5.74, 6) is 0. The summed E-state index contributed by atoms with van der Waals surface area (Å²) in [5.41, 5.74) is 2.24. The first kappa shape index (κ1) is 17.4. The maximum absolute atomic E-state index is 5.80. The lowest BCUT2D eigenvalue weighted by Gasteiger charge is -2.28. The van der Waals surface area contributed by atoms with Crippen LogP contribution in [0, 0.1) is 0 Å². The molecule has 24 heavy (non-hydrogen) atoms. The Bertz CT molecular complexity index is 657. The summed E-state index contributed by atoms with van der Waals surface area (Å²) in [5, 5.41) is 4.08. The molecule has 0 spiro atoms. The highest BCUT2D eigenvalue weighted by atomic mass is 79.9. The highest BCUT2D eigenvalue weighted by molar-refractivity contribution is 9.10. The quantitative estimate of drug-likeness (QED) is 0.721. The lowest BCUT2D eigenvalue weighted by molar-refractivity contribution is 0.0905. The predicted octanol–water partition coefficient (Wildman–Crippen LogP) is 4.83. The van der Waals surface area contributed by atoms with Crippen LogP contribution in [0.4, 0.5) is 5.69 Å². The third-order valence-corrected chi connectivity index (χ3v) is 4.94. The lowest BCUT2D eigenvalue weighted by atomic mass is 10.2. The van der Waals surface area contributed by atoms with Crippen LogP contribution in [0.15, 0.2) is 59.1 Å². The minimum Gasteiger partial charge on any atom is -0.376 e. The molecule has 1 aliphatic heterocycles. The maximum Gasteiger partial charge on any atom is 0.173 e. The van der Waals surface area contributed by atoms with Crippen molar-refractivity contribution < 1.29 is 4.74 Å². The summed E-state index contributed by atoms with van der Waals surface area (Å²) >= 11 is 9.13. The minimum absolute atomic E-state index is 0.262. The monoisotopic (exact) mass is 404 g/mol. The smallest absolute Gasteiger partial charge is 0.173 e. The van der Waals surface area contributed by atoms with Gasteiger partial charge in [-0.2, -0.15) is 0 Å². The van der Waals surface area contributed by atoms with Crippen LogP contribution in [0.3, 0.4) is 0 Å². The fourth-order valence-corrected chi connectivity index (χ4v) is 3.31. The molecule has 0 amide bonds. The SMILES string of the molecule is S=C(Nc1ccc(Br)cc1)N(Cc1ccccc1)C[C@@H]1CCCO1. The first-order chi connectivity index (χ1) is 11.7. The Balaban J connectivity index is 1.69. The summed E-state index contributed by atoms with van der Waals surface area (Å²) in [7, 11) is 0. The van der Waals surface area contributed by atoms with Gasteiger partial charge in [0.1, 0.15) is 0 Å². The third kappa shape index (κ3) is 5.03. The van der Waals surface area contributed by atoms with Crippen LogP contribution in [0.1, 0.15) is 18.4 Å². The Morgan fingerprint density at radius 3 is 2.58 bits per heavy atom. The van der Waals surface area contributed by atoms with Crippen LogP contribution in [0.5, 0.6) is 0 Å². The zero-order chi connectivity index (χ0) is 16.8. The number of nitrogens with one attached hydrogen (secondary N) is 1. The topological polar surface area (TPSA) is 24.5 Å². The molecule has 0 radical (unpaired) electrons. The number of hydrogen-bond donors (Lipinski definition) is 1. The molecular formula is C19H21BrN2OS. The summed E-state index contributed by atoms with van der Waals surface area (Å²) in [6, 6.07) is 18.5.